The van der Waals surface area contributed by atoms with Crippen molar-refractivity contribution in [3.05, 3.63) is 48.2 Å². The molecule has 10 heteroatoms. The second-order valence-corrected chi connectivity index (χ2v) is 8.08. The van der Waals surface area contributed by atoms with Crippen LogP contribution < -0.4 is 10.2 Å². The number of H-pyrrole nitrogens is 1. The first-order valence-electron chi connectivity index (χ1n) is 10.1. The number of anilines is 1. The third-order valence-electron chi connectivity index (χ3n) is 5.24. The van der Waals surface area contributed by atoms with Crippen LogP contribution in [-0.2, 0) is 14.3 Å². The Morgan fingerprint density at radius 3 is 2.50 bits per heavy atom. The molecule has 0 bridgehead atoms. The summed E-state index contributed by atoms with van der Waals surface area (Å²) >= 11 is 0. The van der Waals surface area contributed by atoms with Crippen molar-refractivity contribution in [3.8, 4) is 22.6 Å². The number of hydrogen-bond donors (Lipinski definition) is 2. The zero-order valence-corrected chi connectivity index (χ0v) is 18.3. The molecule has 0 spiro atoms. The van der Waals surface area contributed by atoms with E-state index in [1.807, 2.05) is 14.1 Å². The number of imidazole rings is 1. The van der Waals surface area contributed by atoms with Crippen molar-refractivity contribution in [3.63, 3.8) is 0 Å². The second-order valence-electron chi connectivity index (χ2n) is 8.08. The summed E-state index contributed by atoms with van der Waals surface area (Å²) in [5.74, 6) is 0.481. The molecule has 1 aliphatic heterocycles. The molecule has 0 radical (unpaired) electrons. The van der Waals surface area contributed by atoms with Crippen molar-refractivity contribution >= 4 is 11.9 Å². The fourth-order valence-corrected chi connectivity index (χ4v) is 3.41. The molecule has 3 heterocycles. The lowest BCUT2D eigenvalue weighted by Gasteiger charge is -2.34. The molecule has 1 aliphatic rings. The van der Waals surface area contributed by atoms with Gasteiger partial charge in [0.15, 0.2) is 5.82 Å². The maximum Gasteiger partial charge on any atom is 0.230 e. The molecule has 0 aliphatic carbocycles. The minimum absolute atomic E-state index is 0.153. The normalized spacial score (nSPS) is 20.7. The van der Waals surface area contributed by atoms with Gasteiger partial charge < -0.3 is 24.7 Å². The molecular formula is C22H25FN6O3. The Kier molecular flexibility index (Phi) is 5.90. The van der Waals surface area contributed by atoms with E-state index in [1.54, 1.807) is 43.3 Å². The SMILES string of the molecule is CNC(=O)C1(C)COC(c2nc(-c3ccc(F)cc3)c(-c3ccnc(N(C)C)n3)[nH]2)OC1. The van der Waals surface area contributed by atoms with Gasteiger partial charge in [-0.3, -0.25) is 4.79 Å². The van der Waals surface area contributed by atoms with Gasteiger partial charge in [-0.05, 0) is 37.3 Å². The van der Waals surface area contributed by atoms with Crippen LogP contribution in [0.3, 0.4) is 0 Å². The first-order valence-corrected chi connectivity index (χ1v) is 10.1. The van der Waals surface area contributed by atoms with Crippen molar-refractivity contribution in [1.82, 2.24) is 25.3 Å². The standard InChI is InChI=1S/C22H25FN6O3/c1-22(20(30)24-2)11-31-19(32-12-22)18-27-16(13-5-7-14(23)8-6-13)17(28-18)15-9-10-25-21(26-15)29(3)4/h5-10,19H,11-12H2,1-4H3,(H,24,30)(H,27,28). The number of halogens is 1. The Hall–Kier alpha value is -3.37. The summed E-state index contributed by atoms with van der Waals surface area (Å²) in [5, 5.41) is 2.63. The lowest BCUT2D eigenvalue weighted by molar-refractivity contribution is -0.230. The smallest absolute Gasteiger partial charge is 0.230 e. The maximum atomic E-state index is 13.5. The molecule has 1 fully saturated rings. The largest absolute Gasteiger partial charge is 0.359 e. The molecule has 1 aromatic carbocycles. The molecule has 0 atom stereocenters. The third-order valence-corrected chi connectivity index (χ3v) is 5.24. The number of aromatic amines is 1. The highest BCUT2D eigenvalue weighted by molar-refractivity contribution is 5.82. The highest BCUT2D eigenvalue weighted by atomic mass is 19.1. The number of nitrogens with one attached hydrogen (secondary N) is 2. The van der Waals surface area contributed by atoms with Gasteiger partial charge in [0.05, 0.1) is 35.7 Å². The highest BCUT2D eigenvalue weighted by Gasteiger charge is 2.40. The second kappa shape index (κ2) is 8.64. The Morgan fingerprint density at radius 1 is 1.19 bits per heavy atom. The first-order chi connectivity index (χ1) is 15.3. The fourth-order valence-electron chi connectivity index (χ4n) is 3.41. The third kappa shape index (κ3) is 4.19. The van der Waals surface area contributed by atoms with Crippen molar-refractivity contribution in [2.24, 2.45) is 5.41 Å². The van der Waals surface area contributed by atoms with Crippen LogP contribution in [0.15, 0.2) is 36.5 Å². The van der Waals surface area contributed by atoms with Gasteiger partial charge in [0, 0.05) is 32.9 Å². The molecule has 1 amide bonds. The Morgan fingerprint density at radius 2 is 1.88 bits per heavy atom. The number of aromatic nitrogens is 4. The Bertz CT molecular complexity index is 1110. The number of nitrogens with zero attached hydrogens (tertiary/aromatic N) is 4. The molecule has 0 unspecified atom stereocenters. The van der Waals surface area contributed by atoms with Crippen LogP contribution in [0.1, 0.15) is 19.0 Å². The van der Waals surface area contributed by atoms with E-state index in [1.165, 1.54) is 12.1 Å². The molecule has 2 N–H and O–H groups in total. The number of benzene rings is 1. The van der Waals surface area contributed by atoms with Gasteiger partial charge in [-0.25, -0.2) is 19.3 Å². The predicted molar refractivity (Wildman–Crippen MR) is 116 cm³/mol. The average molecular weight is 440 g/mol. The summed E-state index contributed by atoms with van der Waals surface area (Å²) in [5.41, 5.74) is 1.75. The lowest BCUT2D eigenvalue weighted by Crippen LogP contribution is -2.47. The van der Waals surface area contributed by atoms with Crippen LogP contribution >= 0.6 is 0 Å². The van der Waals surface area contributed by atoms with Crippen LogP contribution in [0.2, 0.25) is 0 Å². The van der Waals surface area contributed by atoms with Crippen LogP contribution in [-0.4, -0.2) is 60.2 Å². The van der Waals surface area contributed by atoms with Crippen molar-refractivity contribution in [2.75, 3.05) is 39.3 Å². The van der Waals surface area contributed by atoms with Gasteiger partial charge in [-0.2, -0.15) is 0 Å². The Balaban J connectivity index is 1.71. The number of ether oxygens (including phenoxy) is 2. The van der Waals surface area contributed by atoms with E-state index in [0.717, 1.165) is 0 Å². The van der Waals surface area contributed by atoms with Gasteiger partial charge in [0.25, 0.3) is 0 Å². The molecule has 0 saturated carbocycles. The topological polar surface area (TPSA) is 105 Å². The molecule has 32 heavy (non-hydrogen) atoms. The van der Waals surface area contributed by atoms with E-state index < -0.39 is 11.7 Å². The van der Waals surface area contributed by atoms with Gasteiger partial charge in [0.2, 0.25) is 18.1 Å². The van der Waals surface area contributed by atoms with Gasteiger partial charge in [-0.1, -0.05) is 0 Å². The molecule has 3 aromatic rings. The van der Waals surface area contributed by atoms with Crippen LogP contribution in [0.25, 0.3) is 22.6 Å². The fraction of sp³-hybridized carbons (Fsp3) is 0.364. The van der Waals surface area contributed by atoms with E-state index in [2.05, 4.69) is 20.3 Å². The van der Waals surface area contributed by atoms with E-state index in [0.29, 0.717) is 34.4 Å². The predicted octanol–water partition coefficient (Wildman–Crippen LogP) is 2.54. The molecular weight excluding hydrogens is 415 g/mol. The average Bonchev–Trinajstić information content (AvgIpc) is 3.25. The summed E-state index contributed by atoms with van der Waals surface area (Å²) in [4.78, 5) is 30.7. The first kappa shape index (κ1) is 21.8. The van der Waals surface area contributed by atoms with Crippen LogP contribution in [0.4, 0.5) is 10.3 Å². The van der Waals surface area contributed by atoms with Gasteiger partial charge >= 0.3 is 0 Å². The van der Waals surface area contributed by atoms with Gasteiger partial charge in [-0.15, -0.1) is 0 Å². The molecule has 168 valence electrons. The summed E-state index contributed by atoms with van der Waals surface area (Å²) in [6.45, 7) is 2.14. The molecule has 9 nitrogen and oxygen atoms in total. The number of hydrogen-bond acceptors (Lipinski definition) is 7. The highest BCUT2D eigenvalue weighted by Crippen LogP contribution is 2.35. The number of carbonyl (C=O) groups excluding carboxylic acids is 1. The van der Waals surface area contributed by atoms with Crippen molar-refractivity contribution in [2.45, 2.75) is 13.2 Å². The Labute approximate surface area is 185 Å². The van der Waals surface area contributed by atoms with E-state index in [9.17, 15) is 9.18 Å². The van der Waals surface area contributed by atoms with Crippen LogP contribution in [0, 0.1) is 11.2 Å². The van der Waals surface area contributed by atoms with Crippen LogP contribution in [0.5, 0.6) is 0 Å². The number of carbonyl (C=O) groups is 1. The van der Waals surface area contributed by atoms with Crippen molar-refractivity contribution in [1.29, 1.82) is 0 Å². The minimum Gasteiger partial charge on any atom is -0.359 e. The molecule has 2 aromatic heterocycles. The number of rotatable bonds is 5. The zero-order valence-electron chi connectivity index (χ0n) is 18.3. The van der Waals surface area contributed by atoms with E-state index in [-0.39, 0.29) is 24.9 Å². The summed E-state index contributed by atoms with van der Waals surface area (Å²) in [7, 11) is 5.29. The summed E-state index contributed by atoms with van der Waals surface area (Å²) in [6, 6.07) is 7.82. The van der Waals surface area contributed by atoms with Gasteiger partial charge in [0.1, 0.15) is 5.82 Å². The monoisotopic (exact) mass is 440 g/mol. The zero-order chi connectivity index (χ0) is 22.9. The van der Waals surface area contributed by atoms with Crippen molar-refractivity contribution < 1.29 is 18.7 Å². The molecule has 4 rings (SSSR count). The maximum absolute atomic E-state index is 13.5. The quantitative estimate of drug-likeness (QED) is 0.628. The molecule has 1 saturated heterocycles. The lowest BCUT2D eigenvalue weighted by atomic mass is 9.91. The minimum atomic E-state index is -0.784. The summed E-state index contributed by atoms with van der Waals surface area (Å²) in [6.07, 6.45) is 0.880. The number of amides is 1. The summed E-state index contributed by atoms with van der Waals surface area (Å²) < 4.78 is 25.2. The van der Waals surface area contributed by atoms with E-state index in [4.69, 9.17) is 14.5 Å². The van der Waals surface area contributed by atoms with E-state index >= 15 is 0 Å².